The van der Waals surface area contributed by atoms with Gasteiger partial charge < -0.3 is 9.47 Å². The minimum Gasteiger partial charge on any atom is -0.496 e. The van der Waals surface area contributed by atoms with Gasteiger partial charge in [0, 0.05) is 17.0 Å². The van der Waals surface area contributed by atoms with Crippen LogP contribution in [0.1, 0.15) is 41.9 Å². The van der Waals surface area contributed by atoms with Crippen LogP contribution in [-0.4, -0.2) is 24.0 Å². The number of rotatable bonds is 5. The summed E-state index contributed by atoms with van der Waals surface area (Å²) in [7, 11) is 0. The van der Waals surface area contributed by atoms with Crippen LogP contribution in [0.25, 0.3) is 5.57 Å². The van der Waals surface area contributed by atoms with Crippen LogP contribution in [-0.2, 0) is 19.1 Å². The van der Waals surface area contributed by atoms with E-state index in [1.165, 1.54) is 6.26 Å². The van der Waals surface area contributed by atoms with Gasteiger partial charge in [0.2, 0.25) is 0 Å². The van der Waals surface area contributed by atoms with E-state index in [4.69, 9.17) is 21.1 Å². The van der Waals surface area contributed by atoms with Gasteiger partial charge in [-0.25, -0.2) is 0 Å². The van der Waals surface area contributed by atoms with Gasteiger partial charge in [0.05, 0.1) is 17.8 Å². The van der Waals surface area contributed by atoms with E-state index in [9.17, 15) is 9.59 Å². The van der Waals surface area contributed by atoms with Crippen LogP contribution in [0.2, 0.25) is 5.02 Å². The van der Waals surface area contributed by atoms with Crippen LogP contribution in [0.15, 0.2) is 91.2 Å². The number of allylic oxidation sites excluding steroid dienone is 1. The Bertz CT molecular complexity index is 1170. The van der Waals surface area contributed by atoms with Crippen molar-refractivity contribution in [3.05, 3.63) is 113 Å². The van der Waals surface area contributed by atoms with E-state index in [2.05, 4.69) is 0 Å². The molecule has 1 aliphatic carbocycles. The maximum Gasteiger partial charge on any atom is 0.318 e. The number of esters is 1. The fourth-order valence-electron chi connectivity index (χ4n) is 4.93. The molecule has 1 saturated carbocycles. The smallest absolute Gasteiger partial charge is 0.318 e. The second kappa shape index (κ2) is 9.86. The quantitative estimate of drug-likeness (QED) is 0.415. The van der Waals surface area contributed by atoms with Gasteiger partial charge in [0.1, 0.15) is 18.1 Å². The van der Waals surface area contributed by atoms with Crippen molar-refractivity contribution in [3.8, 4) is 0 Å². The Morgan fingerprint density at radius 1 is 0.882 bits per heavy atom. The molecule has 3 atom stereocenters. The fraction of sp³-hybridized carbons (Fsp3) is 0.241. The molecule has 1 aliphatic heterocycles. The zero-order valence-electron chi connectivity index (χ0n) is 18.6. The van der Waals surface area contributed by atoms with Gasteiger partial charge in [0.25, 0.3) is 0 Å². The maximum absolute atomic E-state index is 13.4. The molecule has 0 spiro atoms. The van der Waals surface area contributed by atoms with Crippen molar-refractivity contribution in [2.24, 2.45) is 5.92 Å². The van der Waals surface area contributed by atoms with E-state index in [1.807, 2.05) is 78.9 Å². The average molecular weight is 473 g/mol. The van der Waals surface area contributed by atoms with Gasteiger partial charge in [-0.15, -0.1) is 0 Å². The van der Waals surface area contributed by atoms with E-state index >= 15 is 0 Å². The molecule has 5 rings (SSSR count). The Morgan fingerprint density at radius 2 is 1.50 bits per heavy atom. The molecule has 1 fully saturated rings. The molecule has 0 radical (unpaired) electrons. The Kier molecular flexibility index (Phi) is 6.50. The first-order chi connectivity index (χ1) is 16.6. The summed E-state index contributed by atoms with van der Waals surface area (Å²) in [4.78, 5) is 26.6. The van der Waals surface area contributed by atoms with Crippen molar-refractivity contribution in [2.45, 2.75) is 37.4 Å². The topological polar surface area (TPSA) is 52.6 Å². The van der Waals surface area contributed by atoms with Gasteiger partial charge >= 0.3 is 5.97 Å². The Hall–Kier alpha value is -3.37. The Balaban J connectivity index is 1.31. The van der Waals surface area contributed by atoms with Crippen molar-refractivity contribution in [1.82, 2.24) is 0 Å². The van der Waals surface area contributed by atoms with Crippen LogP contribution in [0.3, 0.4) is 0 Å². The number of benzene rings is 3. The van der Waals surface area contributed by atoms with E-state index < -0.39 is 5.92 Å². The monoisotopic (exact) mass is 472 g/mol. The molecule has 1 heterocycles. The van der Waals surface area contributed by atoms with Gasteiger partial charge in [0.15, 0.2) is 5.78 Å². The number of ketones is 1. The molecule has 0 saturated heterocycles. The molecule has 0 N–H and O–H groups in total. The summed E-state index contributed by atoms with van der Waals surface area (Å²) < 4.78 is 12.0. The van der Waals surface area contributed by atoms with Crippen LogP contribution >= 0.6 is 11.6 Å². The number of fused-ring (bicyclic) bond motifs is 1. The molecule has 34 heavy (non-hydrogen) atoms. The average Bonchev–Trinajstić information content (AvgIpc) is 2.86. The normalized spacial score (nSPS) is 21.9. The van der Waals surface area contributed by atoms with Crippen LogP contribution in [0, 0.1) is 5.92 Å². The second-order valence-corrected chi connectivity index (χ2v) is 9.19. The minimum absolute atomic E-state index is 0.0422. The predicted octanol–water partition coefficient (Wildman–Crippen LogP) is 6.19. The third-order valence-electron chi connectivity index (χ3n) is 6.65. The predicted molar refractivity (Wildman–Crippen MR) is 131 cm³/mol. The lowest BCUT2D eigenvalue weighted by Gasteiger charge is -2.37. The molecule has 0 aromatic heterocycles. The van der Waals surface area contributed by atoms with Gasteiger partial charge in [-0.3, -0.25) is 9.59 Å². The van der Waals surface area contributed by atoms with Crippen molar-refractivity contribution in [3.63, 3.8) is 0 Å². The largest absolute Gasteiger partial charge is 0.496 e. The molecule has 3 unspecified atom stereocenters. The van der Waals surface area contributed by atoms with E-state index in [1.54, 1.807) is 6.07 Å². The van der Waals surface area contributed by atoms with Crippen molar-refractivity contribution in [1.29, 1.82) is 0 Å². The van der Waals surface area contributed by atoms with Gasteiger partial charge in [-0.2, -0.15) is 0 Å². The summed E-state index contributed by atoms with van der Waals surface area (Å²) in [5.41, 5.74) is 2.98. The zero-order chi connectivity index (χ0) is 23.5. The van der Waals surface area contributed by atoms with Crippen LogP contribution in [0.5, 0.6) is 0 Å². The molecule has 3 aromatic carbocycles. The highest BCUT2D eigenvalue weighted by Gasteiger charge is 2.42. The van der Waals surface area contributed by atoms with Crippen LogP contribution < -0.4 is 0 Å². The van der Waals surface area contributed by atoms with Crippen molar-refractivity contribution < 1.29 is 19.1 Å². The SMILES string of the molecule is O=C(OC1CCC2C(=O)C(c3ccccc3Cl)=COC2C1)C(c1ccccc1)c1ccccc1. The van der Waals surface area contributed by atoms with Gasteiger partial charge in [-0.05, 0) is 30.0 Å². The molecule has 5 heteroatoms. The van der Waals surface area contributed by atoms with E-state index in [-0.39, 0.29) is 29.9 Å². The second-order valence-electron chi connectivity index (χ2n) is 8.78. The first kappa shape index (κ1) is 22.4. The number of Topliss-reactive ketones (excluding diaryl/α,β-unsaturated/α-hetero) is 1. The first-order valence-electron chi connectivity index (χ1n) is 11.6. The van der Waals surface area contributed by atoms with Crippen LogP contribution in [0.4, 0.5) is 0 Å². The minimum atomic E-state index is -0.499. The fourth-order valence-corrected chi connectivity index (χ4v) is 5.16. The molecule has 3 aromatic rings. The lowest BCUT2D eigenvalue weighted by molar-refractivity contribution is -0.155. The van der Waals surface area contributed by atoms with Crippen molar-refractivity contribution >= 4 is 28.9 Å². The maximum atomic E-state index is 13.4. The highest BCUT2D eigenvalue weighted by molar-refractivity contribution is 6.35. The summed E-state index contributed by atoms with van der Waals surface area (Å²) in [5.74, 6) is -0.998. The number of halogens is 1. The summed E-state index contributed by atoms with van der Waals surface area (Å²) in [6.07, 6.45) is 2.62. The van der Waals surface area contributed by atoms with Gasteiger partial charge in [-0.1, -0.05) is 90.5 Å². The lowest BCUT2D eigenvalue weighted by Crippen LogP contribution is -2.42. The highest BCUT2D eigenvalue weighted by atomic mass is 35.5. The van der Waals surface area contributed by atoms with E-state index in [0.29, 0.717) is 35.4 Å². The molecular formula is C29H25ClO4. The zero-order valence-corrected chi connectivity index (χ0v) is 19.4. The summed E-state index contributed by atoms with van der Waals surface area (Å²) in [5, 5.41) is 0.527. The van der Waals surface area contributed by atoms with Crippen molar-refractivity contribution in [2.75, 3.05) is 0 Å². The molecule has 0 amide bonds. The summed E-state index contributed by atoms with van der Waals surface area (Å²) in [6, 6.07) is 26.6. The highest BCUT2D eigenvalue weighted by Crippen LogP contribution is 2.39. The number of ether oxygens (including phenoxy) is 2. The summed E-state index contributed by atoms with van der Waals surface area (Å²) in [6.45, 7) is 0. The molecule has 4 nitrogen and oxygen atoms in total. The van der Waals surface area contributed by atoms with E-state index in [0.717, 1.165) is 11.1 Å². The molecular weight excluding hydrogens is 448 g/mol. The lowest BCUT2D eigenvalue weighted by atomic mass is 9.77. The number of hydrogen-bond acceptors (Lipinski definition) is 4. The Morgan fingerprint density at radius 3 is 2.15 bits per heavy atom. The summed E-state index contributed by atoms with van der Waals surface area (Å²) >= 11 is 6.30. The standard InChI is InChI=1S/C29H25ClO4/c30-25-14-8-7-13-22(25)24-18-33-26-17-21(15-16-23(26)28(24)31)34-29(32)27(19-9-3-1-4-10-19)20-11-5-2-6-12-20/h1-14,18,21,23,26-27H,15-17H2. The third-order valence-corrected chi connectivity index (χ3v) is 6.98. The molecule has 2 aliphatic rings. The molecule has 172 valence electrons. The number of hydrogen-bond donors (Lipinski definition) is 0. The third kappa shape index (κ3) is 4.51. The Labute approximate surface area is 204 Å². The number of carbonyl (C=O) groups excluding carboxylic acids is 2. The first-order valence-corrected chi connectivity index (χ1v) is 11.9. The number of carbonyl (C=O) groups is 2. The molecule has 0 bridgehead atoms.